The van der Waals surface area contributed by atoms with E-state index < -0.39 is 11.2 Å². The van der Waals surface area contributed by atoms with Gasteiger partial charge in [-0.2, -0.15) is 0 Å². The van der Waals surface area contributed by atoms with Crippen molar-refractivity contribution in [2.75, 3.05) is 6.26 Å². The van der Waals surface area contributed by atoms with E-state index in [0.29, 0.717) is 43.5 Å². The maximum Gasteiger partial charge on any atom is 0.195 e. The summed E-state index contributed by atoms with van der Waals surface area (Å²) in [7, 11) is 0. The summed E-state index contributed by atoms with van der Waals surface area (Å²) in [5, 5.41) is 11.5. The van der Waals surface area contributed by atoms with E-state index in [1.807, 2.05) is 18.2 Å². The molecule has 2 heterocycles. The molecule has 1 atom stereocenters. The van der Waals surface area contributed by atoms with E-state index in [1.54, 1.807) is 24.4 Å². The third-order valence-corrected chi connectivity index (χ3v) is 6.59. The minimum absolute atomic E-state index is 0.0343. The van der Waals surface area contributed by atoms with Crippen LogP contribution in [0.2, 0.25) is 5.02 Å². The van der Waals surface area contributed by atoms with Crippen LogP contribution in [0.15, 0.2) is 70.8 Å². The Labute approximate surface area is 190 Å². The predicted molar refractivity (Wildman–Crippen MR) is 122 cm³/mol. The van der Waals surface area contributed by atoms with Crippen LogP contribution in [-0.2, 0) is 16.9 Å². The van der Waals surface area contributed by atoms with Gasteiger partial charge >= 0.3 is 0 Å². The fourth-order valence-electron chi connectivity index (χ4n) is 3.04. The molecule has 5 nitrogen and oxygen atoms in total. The number of H-pyrrole nitrogens is 1. The number of hydrogen-bond donors (Lipinski definition) is 2. The summed E-state index contributed by atoms with van der Waals surface area (Å²) in [4.78, 5) is 12.6. The normalized spacial score (nSPS) is 12.1. The average molecular weight is 474 g/mol. The highest BCUT2D eigenvalue weighted by Crippen LogP contribution is 2.36. The lowest BCUT2D eigenvalue weighted by molar-refractivity contribution is 0.454. The molecule has 0 amide bonds. The Morgan fingerprint density at radius 1 is 1.19 bits per heavy atom. The zero-order valence-corrected chi connectivity index (χ0v) is 18.7. The van der Waals surface area contributed by atoms with Crippen molar-refractivity contribution in [2.45, 2.75) is 15.8 Å². The zero-order chi connectivity index (χ0) is 22.0. The number of thioether (sulfide) groups is 1. The van der Waals surface area contributed by atoms with Gasteiger partial charge in [0.2, 0.25) is 0 Å². The molecule has 0 spiro atoms. The molecule has 0 saturated carbocycles. The summed E-state index contributed by atoms with van der Waals surface area (Å²) in [6.45, 7) is 0. The van der Waals surface area contributed by atoms with Gasteiger partial charge in [0, 0.05) is 34.2 Å². The number of benzene rings is 2. The molecule has 158 valence electrons. The van der Waals surface area contributed by atoms with Crippen molar-refractivity contribution in [2.24, 2.45) is 0 Å². The molecule has 0 radical (unpaired) electrons. The van der Waals surface area contributed by atoms with Crippen molar-refractivity contribution in [1.82, 2.24) is 15.0 Å². The number of phenols is 1. The van der Waals surface area contributed by atoms with Crippen molar-refractivity contribution in [1.29, 1.82) is 0 Å². The molecule has 9 heteroatoms. The molecule has 31 heavy (non-hydrogen) atoms. The lowest BCUT2D eigenvalue weighted by atomic mass is 10.1. The van der Waals surface area contributed by atoms with Crippen molar-refractivity contribution < 1.29 is 14.0 Å². The van der Waals surface area contributed by atoms with Crippen LogP contribution in [-0.4, -0.2) is 30.9 Å². The highest BCUT2D eigenvalue weighted by molar-refractivity contribution is 7.98. The summed E-state index contributed by atoms with van der Waals surface area (Å²) in [5.74, 6) is 0.0000304. The van der Waals surface area contributed by atoms with Crippen LogP contribution in [0.5, 0.6) is 5.75 Å². The van der Waals surface area contributed by atoms with Gasteiger partial charge in [-0.3, -0.25) is 4.98 Å². The molecule has 4 rings (SSSR count). The third kappa shape index (κ3) is 4.88. The lowest BCUT2D eigenvalue weighted by Crippen LogP contribution is -1.99. The van der Waals surface area contributed by atoms with E-state index in [0.717, 1.165) is 5.56 Å². The lowest BCUT2D eigenvalue weighted by Gasteiger charge is -2.10. The second-order valence-corrected chi connectivity index (χ2v) is 9.39. The van der Waals surface area contributed by atoms with Gasteiger partial charge in [0.05, 0.1) is 11.4 Å². The summed E-state index contributed by atoms with van der Waals surface area (Å²) in [5.41, 5.74) is 3.36. The van der Waals surface area contributed by atoms with Gasteiger partial charge in [-0.15, -0.1) is 0 Å². The first-order chi connectivity index (χ1) is 14.9. The Kier molecular flexibility index (Phi) is 6.52. The van der Waals surface area contributed by atoms with Crippen molar-refractivity contribution >= 4 is 34.5 Å². The van der Waals surface area contributed by atoms with Crippen LogP contribution in [0, 0.1) is 5.82 Å². The summed E-state index contributed by atoms with van der Waals surface area (Å²) >= 11 is 6.12. The van der Waals surface area contributed by atoms with Gasteiger partial charge in [-0.25, -0.2) is 9.37 Å². The van der Waals surface area contributed by atoms with Gasteiger partial charge < -0.3 is 14.6 Å². The second-order valence-electron chi connectivity index (χ2n) is 6.64. The van der Waals surface area contributed by atoms with Crippen LogP contribution in [0.3, 0.4) is 0 Å². The highest BCUT2D eigenvalue weighted by Gasteiger charge is 2.19. The van der Waals surface area contributed by atoms with E-state index in [4.69, 9.17) is 11.6 Å². The maximum absolute atomic E-state index is 13.4. The predicted octanol–water partition coefficient (Wildman–Crippen LogP) is 5.67. The molecule has 2 aromatic carbocycles. The molecule has 2 N–H and O–H groups in total. The minimum atomic E-state index is -1.37. The van der Waals surface area contributed by atoms with E-state index in [1.165, 1.54) is 36.2 Å². The number of rotatable bonds is 6. The number of aromatic nitrogens is 3. The van der Waals surface area contributed by atoms with Crippen molar-refractivity contribution in [3.63, 3.8) is 0 Å². The fourth-order valence-corrected chi connectivity index (χ4v) is 4.88. The molecule has 0 fully saturated rings. The number of aromatic amines is 1. The average Bonchev–Trinajstić information content (AvgIpc) is 3.19. The summed E-state index contributed by atoms with van der Waals surface area (Å²) in [6, 6.07) is 14.8. The van der Waals surface area contributed by atoms with E-state index in [2.05, 4.69) is 15.0 Å². The highest BCUT2D eigenvalue weighted by atomic mass is 35.5. The zero-order valence-electron chi connectivity index (χ0n) is 16.3. The van der Waals surface area contributed by atoms with Crippen LogP contribution in [0.4, 0.5) is 4.39 Å². The molecular weight excluding hydrogens is 457 g/mol. The number of halogens is 2. The number of nitrogens with zero attached hydrogens (tertiary/aromatic N) is 2. The molecule has 2 aromatic heterocycles. The van der Waals surface area contributed by atoms with Gasteiger partial charge in [0.1, 0.15) is 17.8 Å². The Morgan fingerprint density at radius 2 is 1.97 bits per heavy atom. The quantitative estimate of drug-likeness (QED) is 0.278. The molecule has 4 aromatic rings. The van der Waals surface area contributed by atoms with E-state index in [-0.39, 0.29) is 11.6 Å². The van der Waals surface area contributed by atoms with Crippen LogP contribution in [0.25, 0.3) is 22.6 Å². The first-order valence-corrected chi connectivity index (χ1v) is 12.1. The summed E-state index contributed by atoms with van der Waals surface area (Å²) < 4.78 is 25.3. The molecule has 0 bridgehead atoms. The molecule has 0 aliphatic rings. The standard InChI is InChI=1S/C22H17ClFN3O2S2/c1-31(29)18-11-15(23)10-14(21(18)28)12-30-22-26-19(13-5-7-16(24)8-6-13)20(27-22)17-4-2-3-9-25-17/h2-11,28H,12H2,1H3,(H,26,27). The number of hydrogen-bond acceptors (Lipinski definition) is 5. The van der Waals surface area contributed by atoms with E-state index >= 15 is 0 Å². The van der Waals surface area contributed by atoms with Gasteiger partial charge in [0.25, 0.3) is 0 Å². The topological polar surface area (TPSA) is 84.9 Å². The number of nitrogens with one attached hydrogen (secondary N) is 1. The number of imidazole rings is 1. The fraction of sp³-hybridized carbons (Fsp3) is 0.0909. The van der Waals surface area contributed by atoms with Crippen LogP contribution < -0.4 is 0 Å². The first kappa shape index (κ1) is 21.7. The molecule has 1 unspecified atom stereocenters. The SMILES string of the molecule is C[S+]([O-])c1cc(Cl)cc(CSc2nc(-c3ccccn3)c(-c3ccc(F)cc3)[nH]2)c1O. The first-order valence-electron chi connectivity index (χ1n) is 9.17. The van der Waals surface area contributed by atoms with Crippen LogP contribution in [0.1, 0.15) is 5.56 Å². The Bertz CT molecular complexity index is 1200. The monoisotopic (exact) mass is 473 g/mol. The van der Waals surface area contributed by atoms with Crippen molar-refractivity contribution in [3.05, 3.63) is 77.2 Å². The smallest absolute Gasteiger partial charge is 0.195 e. The number of pyridine rings is 1. The largest absolute Gasteiger partial charge is 0.612 e. The van der Waals surface area contributed by atoms with Gasteiger partial charge in [-0.1, -0.05) is 29.4 Å². The van der Waals surface area contributed by atoms with Crippen molar-refractivity contribution in [3.8, 4) is 28.4 Å². The third-order valence-electron chi connectivity index (χ3n) is 4.52. The molecular formula is C22H17ClFN3O2S2. The van der Waals surface area contributed by atoms with Gasteiger partial charge in [-0.05, 0) is 53.6 Å². The number of aromatic hydroxyl groups is 1. The summed E-state index contributed by atoms with van der Waals surface area (Å²) in [6.07, 6.45) is 3.17. The Morgan fingerprint density at radius 3 is 2.65 bits per heavy atom. The molecule has 0 saturated heterocycles. The Balaban J connectivity index is 1.68. The Hall–Kier alpha value is -2.52. The second kappa shape index (κ2) is 9.32. The minimum Gasteiger partial charge on any atom is -0.612 e. The molecule has 0 aliphatic heterocycles. The van der Waals surface area contributed by atoms with Crippen LogP contribution >= 0.6 is 23.4 Å². The maximum atomic E-state index is 13.4. The molecule has 0 aliphatic carbocycles. The van der Waals surface area contributed by atoms with Gasteiger partial charge in [0.15, 0.2) is 15.8 Å². The van der Waals surface area contributed by atoms with E-state index in [9.17, 15) is 14.0 Å². The number of phenolic OH excluding ortho intramolecular Hbond substituents is 1.